The van der Waals surface area contributed by atoms with Gasteiger partial charge in [-0.15, -0.1) is 0 Å². The minimum Gasteiger partial charge on any atom is -0.469 e. The maximum Gasteiger partial charge on any atom is 0.310 e. The second-order valence-electron chi connectivity index (χ2n) is 4.21. The Labute approximate surface area is 101 Å². The lowest BCUT2D eigenvalue weighted by Gasteiger charge is -2.20. The average molecular weight is 239 g/mol. The van der Waals surface area contributed by atoms with Crippen molar-refractivity contribution in [3.63, 3.8) is 0 Å². The van der Waals surface area contributed by atoms with Crippen molar-refractivity contribution in [3.8, 4) is 0 Å². The van der Waals surface area contributed by atoms with Crippen molar-refractivity contribution in [2.75, 3.05) is 12.4 Å². The molecule has 0 amide bonds. The number of carbonyl (C=O) groups is 1. The van der Waals surface area contributed by atoms with E-state index in [1.165, 1.54) is 13.2 Å². The van der Waals surface area contributed by atoms with E-state index < -0.39 is 0 Å². The predicted octanol–water partition coefficient (Wildman–Crippen LogP) is 2.74. The number of nitrogens with one attached hydrogen (secondary N) is 1. The molecule has 94 valence electrons. The molecule has 1 N–H and O–H groups in total. The summed E-state index contributed by atoms with van der Waals surface area (Å²) in [5.41, 5.74) is 1.26. The predicted molar refractivity (Wildman–Crippen MR) is 65.4 cm³/mol. The van der Waals surface area contributed by atoms with E-state index >= 15 is 0 Å². The highest BCUT2D eigenvalue weighted by molar-refractivity contribution is 5.73. The Hall–Kier alpha value is -1.58. The van der Waals surface area contributed by atoms with Crippen LogP contribution in [0.15, 0.2) is 18.2 Å². The third-order valence-corrected chi connectivity index (χ3v) is 2.89. The number of aryl methyl sites for hydroxylation is 1. The number of benzene rings is 1. The van der Waals surface area contributed by atoms with E-state index in [1.54, 1.807) is 26.0 Å². The van der Waals surface area contributed by atoms with Gasteiger partial charge in [-0.2, -0.15) is 0 Å². The summed E-state index contributed by atoms with van der Waals surface area (Å²) in [6, 6.07) is 4.80. The summed E-state index contributed by atoms with van der Waals surface area (Å²) in [6.45, 7) is 5.34. The molecule has 0 aliphatic rings. The van der Waals surface area contributed by atoms with Crippen molar-refractivity contribution in [1.29, 1.82) is 0 Å². The van der Waals surface area contributed by atoms with Gasteiger partial charge in [0.25, 0.3) is 0 Å². The van der Waals surface area contributed by atoms with E-state index in [1.807, 2.05) is 6.92 Å². The van der Waals surface area contributed by atoms with Crippen LogP contribution in [-0.4, -0.2) is 19.1 Å². The molecule has 0 saturated heterocycles. The zero-order chi connectivity index (χ0) is 13.0. The molecule has 17 heavy (non-hydrogen) atoms. The fourth-order valence-electron chi connectivity index (χ4n) is 1.46. The Bertz CT molecular complexity index is 406. The van der Waals surface area contributed by atoms with Crippen molar-refractivity contribution >= 4 is 11.7 Å². The van der Waals surface area contributed by atoms with Crippen LogP contribution in [-0.2, 0) is 9.53 Å². The van der Waals surface area contributed by atoms with E-state index in [0.717, 1.165) is 0 Å². The molecule has 0 saturated carbocycles. The van der Waals surface area contributed by atoms with Crippen LogP contribution in [0.2, 0.25) is 0 Å². The van der Waals surface area contributed by atoms with Crippen LogP contribution >= 0.6 is 0 Å². The van der Waals surface area contributed by atoms with Gasteiger partial charge in [0.15, 0.2) is 0 Å². The van der Waals surface area contributed by atoms with Gasteiger partial charge in [0, 0.05) is 11.7 Å². The van der Waals surface area contributed by atoms with Crippen LogP contribution < -0.4 is 5.32 Å². The molecule has 0 aliphatic heterocycles. The van der Waals surface area contributed by atoms with Gasteiger partial charge in [-0.25, -0.2) is 4.39 Å². The number of carbonyl (C=O) groups excluding carboxylic acids is 1. The van der Waals surface area contributed by atoms with Crippen LogP contribution in [0.25, 0.3) is 0 Å². The standard InChI is InChI=1S/C13H18FNO2/c1-8-5-6-11(7-12(8)14)15-10(3)9(2)13(16)17-4/h5-7,9-10,15H,1-4H3. The molecule has 4 heteroatoms. The van der Waals surface area contributed by atoms with Crippen LogP contribution in [0.3, 0.4) is 0 Å². The lowest BCUT2D eigenvalue weighted by molar-refractivity contribution is -0.145. The van der Waals surface area contributed by atoms with E-state index in [4.69, 9.17) is 0 Å². The minimum absolute atomic E-state index is 0.121. The summed E-state index contributed by atoms with van der Waals surface area (Å²) in [7, 11) is 1.36. The Balaban J connectivity index is 2.70. The zero-order valence-electron chi connectivity index (χ0n) is 10.6. The van der Waals surface area contributed by atoms with E-state index in [9.17, 15) is 9.18 Å². The van der Waals surface area contributed by atoms with E-state index in [0.29, 0.717) is 11.3 Å². The zero-order valence-corrected chi connectivity index (χ0v) is 10.6. The van der Waals surface area contributed by atoms with Gasteiger partial charge in [0.1, 0.15) is 5.82 Å². The fraction of sp³-hybridized carbons (Fsp3) is 0.462. The van der Waals surface area contributed by atoms with Gasteiger partial charge < -0.3 is 10.1 Å². The van der Waals surface area contributed by atoms with E-state index in [-0.39, 0.29) is 23.7 Å². The maximum absolute atomic E-state index is 13.3. The first-order chi connectivity index (χ1) is 7.95. The van der Waals surface area contributed by atoms with Crippen molar-refractivity contribution < 1.29 is 13.9 Å². The Morgan fingerprint density at radius 2 is 2.06 bits per heavy atom. The number of halogens is 1. The topological polar surface area (TPSA) is 38.3 Å². The molecule has 0 heterocycles. The molecular formula is C13H18FNO2. The molecule has 2 unspecified atom stereocenters. The van der Waals surface area contributed by atoms with Gasteiger partial charge in [-0.3, -0.25) is 4.79 Å². The molecule has 0 bridgehead atoms. The Morgan fingerprint density at radius 1 is 1.41 bits per heavy atom. The molecule has 0 aromatic heterocycles. The molecule has 2 atom stereocenters. The first kappa shape index (κ1) is 13.5. The lowest BCUT2D eigenvalue weighted by atomic mass is 10.0. The maximum atomic E-state index is 13.3. The summed E-state index contributed by atoms with van der Waals surface area (Å²) in [4.78, 5) is 11.3. The quantitative estimate of drug-likeness (QED) is 0.821. The number of esters is 1. The molecule has 0 aliphatic carbocycles. The number of methoxy groups -OCH3 is 1. The smallest absolute Gasteiger partial charge is 0.310 e. The first-order valence-electron chi connectivity index (χ1n) is 5.56. The lowest BCUT2D eigenvalue weighted by Crippen LogP contribution is -2.30. The van der Waals surface area contributed by atoms with E-state index in [2.05, 4.69) is 10.1 Å². The second kappa shape index (κ2) is 5.66. The minimum atomic E-state index is -0.288. The molecule has 1 aromatic carbocycles. The molecule has 0 fully saturated rings. The van der Waals surface area contributed by atoms with Crippen molar-refractivity contribution in [1.82, 2.24) is 0 Å². The SMILES string of the molecule is COC(=O)C(C)C(C)Nc1ccc(C)c(F)c1. The van der Waals surface area contributed by atoms with Gasteiger partial charge in [0.05, 0.1) is 13.0 Å². The molecule has 0 spiro atoms. The van der Waals surface area contributed by atoms with Crippen molar-refractivity contribution in [2.45, 2.75) is 26.8 Å². The number of anilines is 1. The average Bonchev–Trinajstić information content (AvgIpc) is 2.31. The Kier molecular flexibility index (Phi) is 4.49. The van der Waals surface area contributed by atoms with Crippen LogP contribution in [0.4, 0.5) is 10.1 Å². The van der Waals surface area contributed by atoms with Crippen molar-refractivity contribution in [2.24, 2.45) is 5.92 Å². The summed E-state index contributed by atoms with van der Waals surface area (Å²) >= 11 is 0. The molecule has 1 aromatic rings. The molecule has 1 rings (SSSR count). The van der Waals surface area contributed by atoms with Crippen LogP contribution in [0.1, 0.15) is 19.4 Å². The highest BCUT2D eigenvalue weighted by atomic mass is 19.1. The van der Waals surface area contributed by atoms with Crippen LogP contribution in [0.5, 0.6) is 0 Å². The molecular weight excluding hydrogens is 221 g/mol. The highest BCUT2D eigenvalue weighted by Gasteiger charge is 2.20. The van der Waals surface area contributed by atoms with Crippen molar-refractivity contribution in [3.05, 3.63) is 29.6 Å². The van der Waals surface area contributed by atoms with Gasteiger partial charge in [0.2, 0.25) is 0 Å². The highest BCUT2D eigenvalue weighted by Crippen LogP contribution is 2.17. The van der Waals surface area contributed by atoms with Gasteiger partial charge in [-0.1, -0.05) is 6.07 Å². The normalized spacial score (nSPS) is 13.9. The third-order valence-electron chi connectivity index (χ3n) is 2.89. The second-order valence-corrected chi connectivity index (χ2v) is 4.21. The number of ether oxygens (including phenoxy) is 1. The number of hydrogen-bond donors (Lipinski definition) is 1. The van der Waals surface area contributed by atoms with Gasteiger partial charge in [-0.05, 0) is 38.5 Å². The summed E-state index contributed by atoms with van der Waals surface area (Å²) in [6.07, 6.45) is 0. The largest absolute Gasteiger partial charge is 0.469 e. The third kappa shape index (κ3) is 3.44. The summed E-state index contributed by atoms with van der Waals surface area (Å²) in [5, 5.41) is 3.08. The first-order valence-corrected chi connectivity index (χ1v) is 5.56. The van der Waals surface area contributed by atoms with Crippen LogP contribution in [0, 0.1) is 18.7 Å². The Morgan fingerprint density at radius 3 is 2.59 bits per heavy atom. The number of hydrogen-bond acceptors (Lipinski definition) is 3. The summed E-state index contributed by atoms with van der Waals surface area (Å²) in [5.74, 6) is -0.824. The molecule has 0 radical (unpaired) electrons. The monoisotopic (exact) mass is 239 g/mol. The summed E-state index contributed by atoms with van der Waals surface area (Å²) < 4.78 is 18.0. The molecule has 3 nitrogen and oxygen atoms in total. The van der Waals surface area contributed by atoms with Gasteiger partial charge >= 0.3 is 5.97 Å². The fourth-order valence-corrected chi connectivity index (χ4v) is 1.46. The number of rotatable bonds is 4.